The van der Waals surface area contributed by atoms with Crippen molar-refractivity contribution in [1.82, 2.24) is 4.90 Å². The molecule has 0 radical (unpaired) electrons. The number of carbonyl (C=O) groups excluding carboxylic acids is 1. The van der Waals surface area contributed by atoms with Crippen molar-refractivity contribution < 1.29 is 9.35 Å². The number of carbonyl (C=O) groups is 1. The van der Waals surface area contributed by atoms with Crippen LogP contribution in [0.3, 0.4) is 0 Å². The van der Waals surface area contributed by atoms with Gasteiger partial charge in [0.25, 0.3) is 5.91 Å². The number of piperidine rings is 1. The summed E-state index contributed by atoms with van der Waals surface area (Å²) >= 11 is 2.43. The SMILES string of the molecule is CSc1sc(C(=O)N2CCC(c3cccc(CN)c3)CC2)c2cc([S+](C)O)ccc12. The minimum Gasteiger partial charge on any atom is -0.338 e. The molecule has 1 saturated heterocycles. The lowest BCUT2D eigenvalue weighted by molar-refractivity contribution is 0.0719. The molecule has 2 heterocycles. The summed E-state index contributed by atoms with van der Waals surface area (Å²) in [4.78, 5) is 17.1. The van der Waals surface area contributed by atoms with Crippen LogP contribution >= 0.6 is 23.1 Å². The van der Waals surface area contributed by atoms with Gasteiger partial charge in [0.05, 0.1) is 4.21 Å². The van der Waals surface area contributed by atoms with Crippen LogP contribution in [-0.2, 0) is 17.7 Å². The molecule has 1 unspecified atom stereocenters. The van der Waals surface area contributed by atoms with Crippen molar-refractivity contribution in [2.24, 2.45) is 5.73 Å². The van der Waals surface area contributed by atoms with Crippen LogP contribution in [0.5, 0.6) is 0 Å². The molecule has 1 aliphatic rings. The summed E-state index contributed by atoms with van der Waals surface area (Å²) < 4.78 is 11.2. The quantitative estimate of drug-likeness (QED) is 0.407. The highest BCUT2D eigenvalue weighted by Gasteiger charge is 2.28. The highest BCUT2D eigenvalue weighted by atomic mass is 32.2. The molecule has 30 heavy (non-hydrogen) atoms. The van der Waals surface area contributed by atoms with E-state index in [0.717, 1.165) is 56.2 Å². The Kier molecular flexibility index (Phi) is 6.75. The molecule has 1 fully saturated rings. The van der Waals surface area contributed by atoms with E-state index in [0.29, 0.717) is 12.5 Å². The Morgan fingerprint density at radius 3 is 2.67 bits per heavy atom. The smallest absolute Gasteiger partial charge is 0.264 e. The Bertz CT molecular complexity index is 1060. The molecule has 1 amide bonds. The number of hydrogen-bond acceptors (Lipinski definition) is 5. The molecular weight excluding hydrogens is 432 g/mol. The second-order valence-electron chi connectivity index (χ2n) is 7.62. The first kappa shape index (κ1) is 21.7. The molecule has 0 bridgehead atoms. The van der Waals surface area contributed by atoms with Gasteiger partial charge in [-0.15, -0.1) is 23.1 Å². The Morgan fingerprint density at radius 2 is 2.00 bits per heavy atom. The van der Waals surface area contributed by atoms with E-state index >= 15 is 0 Å². The Morgan fingerprint density at radius 1 is 1.23 bits per heavy atom. The normalized spacial score (nSPS) is 16.2. The van der Waals surface area contributed by atoms with Crippen molar-refractivity contribution in [2.45, 2.75) is 34.4 Å². The van der Waals surface area contributed by atoms with Crippen molar-refractivity contribution in [3.8, 4) is 0 Å². The molecule has 4 rings (SSSR count). The molecule has 1 aromatic heterocycles. The van der Waals surface area contributed by atoms with Crippen LogP contribution < -0.4 is 5.73 Å². The molecule has 2 aromatic carbocycles. The van der Waals surface area contributed by atoms with Gasteiger partial charge in [0.1, 0.15) is 11.1 Å². The Balaban J connectivity index is 1.55. The van der Waals surface area contributed by atoms with E-state index in [-0.39, 0.29) is 5.91 Å². The number of thiophene rings is 1. The van der Waals surface area contributed by atoms with Crippen molar-refractivity contribution in [2.75, 3.05) is 25.6 Å². The first-order chi connectivity index (χ1) is 14.5. The zero-order chi connectivity index (χ0) is 21.3. The number of benzene rings is 2. The standard InChI is InChI=1S/C23H27N2O2S3/c1-28-23-19-7-6-18(30(2)27)13-20(19)21(29-23)22(26)25-10-8-16(9-11-25)17-5-3-4-15(12-17)14-24/h3-7,12-13,16,27H,8-11,14,24H2,1-2H3/q+1. The maximum atomic E-state index is 13.4. The largest absolute Gasteiger partial charge is 0.338 e. The molecule has 4 nitrogen and oxygen atoms in total. The van der Waals surface area contributed by atoms with Crippen LogP contribution in [0.15, 0.2) is 51.6 Å². The lowest BCUT2D eigenvalue weighted by Crippen LogP contribution is -2.37. The molecule has 0 saturated carbocycles. The number of nitrogens with zero attached hydrogens (tertiary/aromatic N) is 1. The number of fused-ring (bicyclic) bond motifs is 1. The Labute approximate surface area is 189 Å². The van der Waals surface area contributed by atoms with Gasteiger partial charge in [-0.1, -0.05) is 24.3 Å². The monoisotopic (exact) mass is 459 g/mol. The number of nitrogens with two attached hydrogens (primary N) is 1. The molecule has 3 aromatic rings. The summed E-state index contributed by atoms with van der Waals surface area (Å²) in [5.74, 6) is 0.593. The maximum Gasteiger partial charge on any atom is 0.264 e. The maximum absolute atomic E-state index is 13.4. The second-order valence-corrected chi connectivity index (χ2v) is 11.1. The predicted octanol–water partition coefficient (Wildman–Crippen LogP) is 5.18. The summed E-state index contributed by atoms with van der Waals surface area (Å²) in [6, 6.07) is 14.5. The third-order valence-electron chi connectivity index (χ3n) is 5.81. The predicted molar refractivity (Wildman–Crippen MR) is 130 cm³/mol. The van der Waals surface area contributed by atoms with Crippen LogP contribution in [0.4, 0.5) is 0 Å². The van der Waals surface area contributed by atoms with Crippen molar-refractivity contribution >= 4 is 51.0 Å². The van der Waals surface area contributed by atoms with E-state index in [1.54, 1.807) is 29.4 Å². The highest BCUT2D eigenvalue weighted by molar-refractivity contribution is 8.00. The fourth-order valence-electron chi connectivity index (χ4n) is 4.12. The summed E-state index contributed by atoms with van der Waals surface area (Å²) in [7, 11) is 0. The van der Waals surface area contributed by atoms with Gasteiger partial charge in [-0.2, -0.15) is 4.55 Å². The molecule has 3 N–H and O–H groups in total. The van der Waals surface area contributed by atoms with Gasteiger partial charge in [-0.05, 0) is 48.3 Å². The van der Waals surface area contributed by atoms with Gasteiger partial charge in [-0.25, -0.2) is 0 Å². The van der Waals surface area contributed by atoms with E-state index in [9.17, 15) is 9.35 Å². The van der Waals surface area contributed by atoms with Crippen molar-refractivity contribution in [3.63, 3.8) is 0 Å². The summed E-state index contributed by atoms with van der Waals surface area (Å²) in [5, 5.41) is 2.08. The zero-order valence-corrected chi connectivity index (χ0v) is 19.7. The fourth-order valence-corrected chi connectivity index (χ4v) is 6.62. The highest BCUT2D eigenvalue weighted by Crippen LogP contribution is 2.39. The molecule has 158 valence electrons. The number of thioether (sulfide) groups is 1. The fraction of sp³-hybridized carbons (Fsp3) is 0.348. The van der Waals surface area contributed by atoms with Gasteiger partial charge in [-0.3, -0.25) is 4.79 Å². The van der Waals surface area contributed by atoms with E-state index in [2.05, 4.69) is 24.3 Å². The van der Waals surface area contributed by atoms with E-state index in [1.807, 2.05) is 29.4 Å². The average molecular weight is 460 g/mol. The van der Waals surface area contributed by atoms with Crippen molar-refractivity contribution in [1.29, 1.82) is 0 Å². The summed E-state index contributed by atoms with van der Waals surface area (Å²) in [6.45, 7) is 2.09. The molecule has 7 heteroatoms. The number of likely N-dealkylation sites (tertiary alicyclic amines) is 1. The van der Waals surface area contributed by atoms with Gasteiger partial charge >= 0.3 is 0 Å². The van der Waals surface area contributed by atoms with Gasteiger partial charge in [0.2, 0.25) is 0 Å². The third-order valence-corrected chi connectivity index (χ3v) is 9.09. The summed E-state index contributed by atoms with van der Waals surface area (Å²) in [6.07, 6.45) is 5.78. The first-order valence-electron chi connectivity index (χ1n) is 10.1. The number of rotatable bonds is 5. The minimum atomic E-state index is -0.819. The van der Waals surface area contributed by atoms with E-state index in [4.69, 9.17) is 5.73 Å². The second kappa shape index (κ2) is 9.32. The minimum absolute atomic E-state index is 0.116. The van der Waals surface area contributed by atoms with Gasteiger partial charge < -0.3 is 10.6 Å². The van der Waals surface area contributed by atoms with Crippen LogP contribution in [0.1, 0.15) is 39.6 Å². The lowest BCUT2D eigenvalue weighted by Gasteiger charge is -2.32. The molecule has 1 atom stereocenters. The lowest BCUT2D eigenvalue weighted by atomic mass is 9.88. The third kappa shape index (κ3) is 4.27. The van der Waals surface area contributed by atoms with Crippen LogP contribution in [-0.4, -0.2) is 41.0 Å². The number of amides is 1. The van der Waals surface area contributed by atoms with Gasteiger partial charge in [0, 0.05) is 36.5 Å². The molecule has 1 aliphatic heterocycles. The number of hydrogen-bond donors (Lipinski definition) is 2. The molecule has 0 aliphatic carbocycles. The van der Waals surface area contributed by atoms with Crippen molar-refractivity contribution in [3.05, 3.63) is 58.5 Å². The van der Waals surface area contributed by atoms with E-state index < -0.39 is 11.2 Å². The first-order valence-corrected chi connectivity index (χ1v) is 13.7. The average Bonchev–Trinajstić information content (AvgIpc) is 3.16. The van der Waals surface area contributed by atoms with Gasteiger partial charge in [0.15, 0.2) is 16.1 Å². The van der Waals surface area contributed by atoms with Crippen LogP contribution in [0.2, 0.25) is 0 Å². The summed E-state index contributed by atoms with van der Waals surface area (Å²) in [5.41, 5.74) is 8.29. The topological polar surface area (TPSA) is 66.6 Å². The van der Waals surface area contributed by atoms with Crippen LogP contribution in [0.25, 0.3) is 10.8 Å². The zero-order valence-electron chi connectivity index (χ0n) is 17.3. The molecule has 0 spiro atoms. The van der Waals surface area contributed by atoms with E-state index in [1.165, 1.54) is 5.56 Å². The Hall–Kier alpha value is -1.51. The van der Waals surface area contributed by atoms with Crippen LogP contribution in [0, 0.1) is 0 Å². The molecular formula is C23H27N2O2S3+.